The number of hydrogen-bond acceptors (Lipinski definition) is 4. The zero-order valence-electron chi connectivity index (χ0n) is 15.9. The summed E-state index contributed by atoms with van der Waals surface area (Å²) in [5, 5.41) is 8.20. The summed E-state index contributed by atoms with van der Waals surface area (Å²) in [5.41, 5.74) is 1.47. The number of piperidine rings is 1. The highest BCUT2D eigenvalue weighted by atomic mass is 16.2. The quantitative estimate of drug-likeness (QED) is 0.912. The highest BCUT2D eigenvalue weighted by molar-refractivity contribution is 5.94. The first kappa shape index (κ1) is 18.4. The van der Waals surface area contributed by atoms with Crippen molar-refractivity contribution in [2.45, 2.75) is 46.6 Å². The van der Waals surface area contributed by atoms with Gasteiger partial charge in [-0.3, -0.25) is 9.59 Å². The summed E-state index contributed by atoms with van der Waals surface area (Å²) < 4.78 is 1.86. The monoisotopic (exact) mass is 357 g/mol. The lowest BCUT2D eigenvalue weighted by Crippen LogP contribution is -2.45. The molecule has 7 heteroatoms. The van der Waals surface area contributed by atoms with Gasteiger partial charge in [-0.2, -0.15) is 5.10 Å². The first-order valence-corrected chi connectivity index (χ1v) is 9.29. The molecule has 1 unspecified atom stereocenters. The van der Waals surface area contributed by atoms with Gasteiger partial charge in [-0.15, -0.1) is 0 Å². The fourth-order valence-corrected chi connectivity index (χ4v) is 3.39. The third kappa shape index (κ3) is 3.71. The number of nitrogens with one attached hydrogen (secondary N) is 1. The molecule has 0 saturated carbocycles. The molecule has 1 fully saturated rings. The molecule has 0 aromatic carbocycles. The number of amides is 2. The molecule has 0 bridgehead atoms. The lowest BCUT2D eigenvalue weighted by atomic mass is 9.96. The number of anilines is 1. The lowest BCUT2D eigenvalue weighted by Gasteiger charge is -2.33. The van der Waals surface area contributed by atoms with E-state index in [1.165, 1.54) is 0 Å². The maximum atomic E-state index is 12.7. The second-order valence-electron chi connectivity index (χ2n) is 7.59. The predicted octanol–water partition coefficient (Wildman–Crippen LogP) is 2.85. The maximum Gasteiger partial charge on any atom is 0.229 e. The number of likely N-dealkylation sites (tertiary alicyclic amines) is 1. The maximum absolute atomic E-state index is 12.7. The highest BCUT2D eigenvalue weighted by Crippen LogP contribution is 2.22. The molecule has 2 amide bonds. The number of nitrogens with zero attached hydrogens (tertiary/aromatic N) is 4. The molecule has 1 atom stereocenters. The minimum Gasteiger partial charge on any atom is -0.342 e. The Hall–Kier alpha value is -2.44. The van der Waals surface area contributed by atoms with Crippen molar-refractivity contribution in [3.05, 3.63) is 18.5 Å². The third-order valence-corrected chi connectivity index (χ3v) is 4.79. The molecule has 3 rings (SSSR count). The molecule has 0 spiro atoms. The van der Waals surface area contributed by atoms with Gasteiger partial charge in [-0.25, -0.2) is 9.67 Å². The molecule has 0 radical (unpaired) electrons. The van der Waals surface area contributed by atoms with Crippen LogP contribution in [0.25, 0.3) is 11.0 Å². The van der Waals surface area contributed by atoms with Gasteiger partial charge in [0.05, 0.1) is 24.0 Å². The summed E-state index contributed by atoms with van der Waals surface area (Å²) >= 11 is 0. The molecule has 1 N–H and O–H groups in total. The number of carbonyl (C=O) groups is 2. The summed E-state index contributed by atoms with van der Waals surface area (Å²) in [6, 6.07) is 2.12. The highest BCUT2D eigenvalue weighted by Gasteiger charge is 2.29. The fraction of sp³-hybridized carbons (Fsp3) is 0.579. The van der Waals surface area contributed by atoms with Crippen LogP contribution < -0.4 is 5.32 Å². The molecular weight excluding hydrogens is 330 g/mol. The van der Waals surface area contributed by atoms with Gasteiger partial charge in [0.15, 0.2) is 5.65 Å². The van der Waals surface area contributed by atoms with Crippen LogP contribution in [0.1, 0.15) is 46.6 Å². The summed E-state index contributed by atoms with van der Waals surface area (Å²) in [5.74, 6) is -0.156. The summed E-state index contributed by atoms with van der Waals surface area (Å²) in [7, 11) is 0. The summed E-state index contributed by atoms with van der Waals surface area (Å²) in [6.45, 7) is 9.12. The van der Waals surface area contributed by atoms with E-state index in [2.05, 4.69) is 29.2 Å². The van der Waals surface area contributed by atoms with Gasteiger partial charge in [0.1, 0.15) is 0 Å². The van der Waals surface area contributed by atoms with E-state index in [4.69, 9.17) is 0 Å². The Morgan fingerprint density at radius 1 is 1.23 bits per heavy atom. The molecule has 2 aromatic rings. The predicted molar refractivity (Wildman–Crippen MR) is 101 cm³/mol. The van der Waals surface area contributed by atoms with Crippen LogP contribution in [0.3, 0.4) is 0 Å². The second-order valence-corrected chi connectivity index (χ2v) is 7.59. The SMILES string of the molecule is CC(C)C(=O)N1CCCC(C(=O)Nc2cnc3c(cnn3C(C)C)c2)C1. The number of hydrogen-bond donors (Lipinski definition) is 1. The van der Waals surface area contributed by atoms with Crippen LogP contribution in [0.15, 0.2) is 18.5 Å². The first-order valence-electron chi connectivity index (χ1n) is 9.29. The Balaban J connectivity index is 1.69. The molecule has 1 aliphatic heterocycles. The largest absolute Gasteiger partial charge is 0.342 e. The van der Waals surface area contributed by atoms with Crippen molar-refractivity contribution in [1.82, 2.24) is 19.7 Å². The Morgan fingerprint density at radius 3 is 2.69 bits per heavy atom. The van der Waals surface area contributed by atoms with E-state index in [1.807, 2.05) is 29.5 Å². The smallest absolute Gasteiger partial charge is 0.229 e. The molecule has 1 saturated heterocycles. The van der Waals surface area contributed by atoms with Crippen LogP contribution >= 0.6 is 0 Å². The van der Waals surface area contributed by atoms with Crippen LogP contribution in [0, 0.1) is 11.8 Å². The number of pyridine rings is 1. The fourth-order valence-electron chi connectivity index (χ4n) is 3.39. The van der Waals surface area contributed by atoms with Gasteiger partial charge in [0, 0.05) is 30.4 Å². The minimum absolute atomic E-state index is 0.0408. The Morgan fingerprint density at radius 2 is 2.00 bits per heavy atom. The van der Waals surface area contributed by atoms with Crippen LogP contribution in [-0.4, -0.2) is 44.6 Å². The Kier molecular flexibility index (Phi) is 5.25. The van der Waals surface area contributed by atoms with E-state index < -0.39 is 0 Å². The number of carbonyl (C=O) groups excluding carboxylic acids is 2. The van der Waals surface area contributed by atoms with E-state index >= 15 is 0 Å². The summed E-state index contributed by atoms with van der Waals surface area (Å²) in [4.78, 5) is 31.1. The number of rotatable bonds is 4. The van der Waals surface area contributed by atoms with Gasteiger partial charge < -0.3 is 10.2 Å². The standard InChI is InChI=1S/C19H27N5O2/c1-12(2)19(26)23-7-5-6-14(11-23)18(25)22-16-8-15-9-21-24(13(3)4)17(15)20-10-16/h8-10,12-14H,5-7,11H2,1-4H3,(H,22,25). The lowest BCUT2D eigenvalue weighted by molar-refractivity contribution is -0.137. The molecule has 3 heterocycles. The van der Waals surface area contributed by atoms with E-state index in [0.29, 0.717) is 12.2 Å². The first-order chi connectivity index (χ1) is 12.4. The zero-order chi connectivity index (χ0) is 18.8. The van der Waals surface area contributed by atoms with E-state index in [-0.39, 0.29) is 29.7 Å². The van der Waals surface area contributed by atoms with Crippen molar-refractivity contribution in [3.63, 3.8) is 0 Å². The second kappa shape index (κ2) is 7.43. The molecule has 0 aliphatic carbocycles. The topological polar surface area (TPSA) is 80.1 Å². The molecule has 7 nitrogen and oxygen atoms in total. The number of fused-ring (bicyclic) bond motifs is 1. The van der Waals surface area contributed by atoms with Gasteiger partial charge in [0.25, 0.3) is 0 Å². The van der Waals surface area contributed by atoms with Gasteiger partial charge >= 0.3 is 0 Å². The molecule has 26 heavy (non-hydrogen) atoms. The van der Waals surface area contributed by atoms with Crippen molar-refractivity contribution in [1.29, 1.82) is 0 Å². The number of aromatic nitrogens is 3. The van der Waals surface area contributed by atoms with Gasteiger partial charge in [-0.1, -0.05) is 13.8 Å². The Bertz CT molecular complexity index is 811. The average Bonchev–Trinajstić information content (AvgIpc) is 3.04. The van der Waals surface area contributed by atoms with Crippen LogP contribution in [0.4, 0.5) is 5.69 Å². The molecule has 140 valence electrons. The van der Waals surface area contributed by atoms with E-state index in [0.717, 1.165) is 30.4 Å². The van der Waals surface area contributed by atoms with Crippen LogP contribution in [0.2, 0.25) is 0 Å². The van der Waals surface area contributed by atoms with E-state index in [1.54, 1.807) is 12.4 Å². The molecule has 2 aromatic heterocycles. The average molecular weight is 357 g/mol. The van der Waals surface area contributed by atoms with Gasteiger partial charge in [-0.05, 0) is 32.8 Å². The van der Waals surface area contributed by atoms with Crippen molar-refractivity contribution < 1.29 is 9.59 Å². The minimum atomic E-state index is -0.180. The van der Waals surface area contributed by atoms with Crippen LogP contribution in [-0.2, 0) is 9.59 Å². The third-order valence-electron chi connectivity index (χ3n) is 4.79. The van der Waals surface area contributed by atoms with Gasteiger partial charge in [0.2, 0.25) is 11.8 Å². The van der Waals surface area contributed by atoms with Crippen molar-refractivity contribution in [2.24, 2.45) is 11.8 Å². The zero-order valence-corrected chi connectivity index (χ0v) is 15.9. The Labute approximate surface area is 153 Å². The summed E-state index contributed by atoms with van der Waals surface area (Å²) in [6.07, 6.45) is 5.09. The van der Waals surface area contributed by atoms with Crippen molar-refractivity contribution in [3.8, 4) is 0 Å². The van der Waals surface area contributed by atoms with Crippen molar-refractivity contribution >= 4 is 28.5 Å². The van der Waals surface area contributed by atoms with Crippen LogP contribution in [0.5, 0.6) is 0 Å². The van der Waals surface area contributed by atoms with Crippen molar-refractivity contribution in [2.75, 3.05) is 18.4 Å². The normalized spacial score (nSPS) is 17.9. The molecular formula is C19H27N5O2. The molecule has 1 aliphatic rings. The van der Waals surface area contributed by atoms with E-state index in [9.17, 15) is 9.59 Å².